The van der Waals surface area contributed by atoms with Crippen molar-refractivity contribution in [2.75, 3.05) is 0 Å². The summed E-state index contributed by atoms with van der Waals surface area (Å²) in [4.78, 5) is 23.0. The summed E-state index contributed by atoms with van der Waals surface area (Å²) in [6, 6.07) is 12.9. The van der Waals surface area contributed by atoms with E-state index in [1.54, 1.807) is 24.3 Å². The van der Waals surface area contributed by atoms with Gasteiger partial charge in [-0.15, -0.1) is 0 Å². The molecule has 0 aliphatic rings. The van der Waals surface area contributed by atoms with Crippen LogP contribution in [0, 0.1) is 5.82 Å². The average Bonchev–Trinajstić information content (AvgIpc) is 2.54. The molecule has 132 valence electrons. The van der Waals surface area contributed by atoms with Crippen molar-refractivity contribution < 1.29 is 28.6 Å². The molecule has 0 aliphatic heterocycles. The topological polar surface area (TPSA) is 72.8 Å². The third-order valence-corrected chi connectivity index (χ3v) is 3.62. The van der Waals surface area contributed by atoms with Crippen molar-refractivity contribution in [3.63, 3.8) is 0 Å². The van der Waals surface area contributed by atoms with Gasteiger partial charge in [0.2, 0.25) is 6.29 Å². The lowest BCUT2D eigenvalue weighted by atomic mass is 9.93. The van der Waals surface area contributed by atoms with E-state index in [1.165, 1.54) is 32.9 Å². The first-order chi connectivity index (χ1) is 11.7. The minimum absolute atomic E-state index is 0.0321. The van der Waals surface area contributed by atoms with Gasteiger partial charge in [0, 0.05) is 19.4 Å². The molecule has 0 fully saturated rings. The van der Waals surface area contributed by atoms with Crippen LogP contribution in [-0.4, -0.2) is 23.3 Å². The van der Waals surface area contributed by atoms with Gasteiger partial charge in [0.25, 0.3) is 0 Å². The van der Waals surface area contributed by atoms with Gasteiger partial charge in [-0.25, -0.2) is 9.18 Å². The van der Waals surface area contributed by atoms with Crippen LogP contribution in [0.2, 0.25) is 0 Å². The monoisotopic (exact) mass is 346 g/mol. The smallest absolute Gasteiger partial charge is 0.345 e. The van der Waals surface area contributed by atoms with E-state index in [0.717, 1.165) is 6.07 Å². The van der Waals surface area contributed by atoms with Crippen molar-refractivity contribution in [1.29, 1.82) is 0 Å². The van der Waals surface area contributed by atoms with E-state index in [-0.39, 0.29) is 5.56 Å². The Bertz CT molecular complexity index is 771. The van der Waals surface area contributed by atoms with Gasteiger partial charge in [-0.2, -0.15) is 0 Å². The fraction of sp³-hybridized carbons (Fsp3) is 0.263. The molecule has 2 aromatic rings. The van der Waals surface area contributed by atoms with Crippen molar-refractivity contribution in [1.82, 2.24) is 0 Å². The van der Waals surface area contributed by atoms with E-state index in [0.29, 0.717) is 11.1 Å². The van der Waals surface area contributed by atoms with Crippen molar-refractivity contribution in [3.05, 3.63) is 59.9 Å². The van der Waals surface area contributed by atoms with Crippen molar-refractivity contribution >= 4 is 11.9 Å². The third-order valence-electron chi connectivity index (χ3n) is 3.62. The van der Waals surface area contributed by atoms with Crippen LogP contribution in [0.4, 0.5) is 4.39 Å². The van der Waals surface area contributed by atoms with Crippen LogP contribution < -0.4 is 0 Å². The van der Waals surface area contributed by atoms with E-state index >= 15 is 0 Å². The predicted molar refractivity (Wildman–Crippen MR) is 88.7 cm³/mol. The number of carbonyl (C=O) groups is 2. The molecule has 25 heavy (non-hydrogen) atoms. The van der Waals surface area contributed by atoms with Crippen LogP contribution in [0.15, 0.2) is 48.5 Å². The molecule has 0 bridgehead atoms. The summed E-state index contributed by atoms with van der Waals surface area (Å²) in [5, 5.41) is 10.4. The van der Waals surface area contributed by atoms with E-state index in [4.69, 9.17) is 4.74 Å². The summed E-state index contributed by atoms with van der Waals surface area (Å²) in [5.74, 6) is -2.25. The first-order valence-electron chi connectivity index (χ1n) is 7.68. The van der Waals surface area contributed by atoms with Gasteiger partial charge in [0.05, 0.1) is 0 Å². The highest BCUT2D eigenvalue weighted by atomic mass is 19.1. The van der Waals surface area contributed by atoms with Crippen LogP contribution in [0.25, 0.3) is 11.1 Å². The maximum atomic E-state index is 14.4. The number of aliphatic hydroxyl groups is 1. The molecule has 1 N–H and O–H groups in total. The largest absolute Gasteiger partial charge is 0.426 e. The quantitative estimate of drug-likeness (QED) is 0.665. The minimum Gasteiger partial charge on any atom is -0.426 e. The first-order valence-corrected chi connectivity index (χ1v) is 7.68. The number of rotatable bonds is 5. The number of ether oxygens (including phenoxy) is 2. The molecule has 0 amide bonds. The molecule has 0 radical (unpaired) electrons. The molecule has 0 spiro atoms. The normalized spacial score (nSPS) is 14.3. The Kier molecular flexibility index (Phi) is 5.54. The molecule has 6 heteroatoms. The number of hydrogen-bond acceptors (Lipinski definition) is 5. The van der Waals surface area contributed by atoms with Gasteiger partial charge in [-0.1, -0.05) is 42.5 Å². The molecule has 0 aliphatic carbocycles. The van der Waals surface area contributed by atoms with E-state index < -0.39 is 29.6 Å². The Morgan fingerprint density at radius 1 is 1.12 bits per heavy atom. The highest BCUT2D eigenvalue weighted by molar-refractivity contribution is 5.81. The van der Waals surface area contributed by atoms with Gasteiger partial charge in [-0.05, 0) is 24.1 Å². The molecule has 0 heterocycles. The molecular weight excluding hydrogens is 327 g/mol. The van der Waals surface area contributed by atoms with E-state index in [9.17, 15) is 19.1 Å². The molecule has 0 saturated heterocycles. The van der Waals surface area contributed by atoms with Gasteiger partial charge in [0.15, 0.2) is 5.60 Å². The summed E-state index contributed by atoms with van der Waals surface area (Å²) in [6.07, 6.45) is -1.16. The van der Waals surface area contributed by atoms with Gasteiger partial charge in [0.1, 0.15) is 5.82 Å². The van der Waals surface area contributed by atoms with Gasteiger partial charge in [-0.3, -0.25) is 4.79 Å². The number of halogens is 1. The zero-order valence-corrected chi connectivity index (χ0v) is 14.2. The predicted octanol–water partition coefficient (Wildman–Crippen LogP) is 3.15. The molecule has 2 atom stereocenters. The van der Waals surface area contributed by atoms with Gasteiger partial charge < -0.3 is 14.6 Å². The lowest BCUT2D eigenvalue weighted by molar-refractivity contribution is -0.196. The molecule has 2 rings (SSSR count). The Labute approximate surface area is 145 Å². The maximum absolute atomic E-state index is 14.4. The average molecular weight is 346 g/mol. The van der Waals surface area contributed by atoms with Crippen LogP contribution in [-0.2, 0) is 24.7 Å². The molecule has 0 saturated carbocycles. The second-order valence-corrected chi connectivity index (χ2v) is 5.72. The second kappa shape index (κ2) is 7.44. The van der Waals surface area contributed by atoms with Crippen LogP contribution in [0.1, 0.15) is 26.3 Å². The summed E-state index contributed by atoms with van der Waals surface area (Å²) in [5.41, 5.74) is -1.03. The lowest BCUT2D eigenvalue weighted by Gasteiger charge is -2.24. The summed E-state index contributed by atoms with van der Waals surface area (Å²) >= 11 is 0. The van der Waals surface area contributed by atoms with E-state index in [2.05, 4.69) is 4.74 Å². The summed E-state index contributed by atoms with van der Waals surface area (Å²) in [7, 11) is 0. The zero-order valence-electron chi connectivity index (χ0n) is 14.2. The Balaban J connectivity index is 2.23. The molecule has 2 aromatic carbocycles. The number of esters is 2. The van der Waals surface area contributed by atoms with Crippen molar-refractivity contribution in [2.24, 2.45) is 0 Å². The van der Waals surface area contributed by atoms with E-state index in [1.807, 2.05) is 6.07 Å². The SMILES string of the molecule is CC(=O)OC(C)OC(=O)[C@@](C)(O)c1ccc(-c2ccccc2)c(F)c1. The first kappa shape index (κ1) is 18.6. The second-order valence-electron chi connectivity index (χ2n) is 5.72. The number of carbonyl (C=O) groups excluding carboxylic acids is 2. The summed E-state index contributed by atoms with van der Waals surface area (Å²) < 4.78 is 24.0. The molecule has 1 unspecified atom stereocenters. The highest BCUT2D eigenvalue weighted by Crippen LogP contribution is 2.29. The Morgan fingerprint density at radius 2 is 1.76 bits per heavy atom. The highest BCUT2D eigenvalue weighted by Gasteiger charge is 2.36. The van der Waals surface area contributed by atoms with Crippen LogP contribution in [0.5, 0.6) is 0 Å². The number of hydrogen-bond donors (Lipinski definition) is 1. The summed E-state index contributed by atoms with van der Waals surface area (Å²) in [6.45, 7) is 3.70. The van der Waals surface area contributed by atoms with Gasteiger partial charge >= 0.3 is 11.9 Å². The third kappa shape index (κ3) is 4.42. The van der Waals surface area contributed by atoms with Crippen LogP contribution in [0.3, 0.4) is 0 Å². The van der Waals surface area contributed by atoms with Crippen molar-refractivity contribution in [3.8, 4) is 11.1 Å². The molecular formula is C19H19FO5. The lowest BCUT2D eigenvalue weighted by Crippen LogP contribution is -2.37. The minimum atomic E-state index is -2.09. The fourth-order valence-electron chi connectivity index (χ4n) is 2.31. The van der Waals surface area contributed by atoms with Crippen LogP contribution >= 0.6 is 0 Å². The van der Waals surface area contributed by atoms with Crippen molar-refractivity contribution in [2.45, 2.75) is 32.7 Å². The Hall–Kier alpha value is -2.73. The Morgan fingerprint density at radius 3 is 2.32 bits per heavy atom. The standard InChI is InChI=1S/C19H19FO5/c1-12(21)24-13(2)25-18(22)19(3,23)15-9-10-16(17(20)11-15)14-7-5-4-6-8-14/h4-11,13,23H,1-3H3/t13?,19-/m0/s1. The fourth-order valence-corrected chi connectivity index (χ4v) is 2.31. The molecule has 5 nitrogen and oxygen atoms in total. The maximum Gasteiger partial charge on any atom is 0.345 e. The molecule has 0 aromatic heterocycles. The zero-order chi connectivity index (χ0) is 18.6. The number of benzene rings is 2.